The minimum absolute atomic E-state index is 0.0233. The Kier molecular flexibility index (Phi) is 6.32. The molecule has 2 aromatic carbocycles. The third-order valence-electron chi connectivity index (χ3n) is 3.93. The number of anilines is 2. The Morgan fingerprint density at radius 2 is 1.96 bits per heavy atom. The fraction of sp³-hybridized carbons (Fsp3) is 0.316. The maximum absolute atomic E-state index is 13.2. The number of nitrogen functional groups attached to an aromatic ring is 1. The van der Waals surface area contributed by atoms with Crippen molar-refractivity contribution in [2.45, 2.75) is 32.9 Å². The van der Waals surface area contributed by atoms with E-state index < -0.39 is 5.82 Å². The summed E-state index contributed by atoms with van der Waals surface area (Å²) in [5, 5.41) is 2.81. The van der Waals surface area contributed by atoms with Crippen LogP contribution >= 0.6 is 0 Å². The summed E-state index contributed by atoms with van der Waals surface area (Å²) in [7, 11) is 0. The lowest BCUT2D eigenvalue weighted by Crippen LogP contribution is -2.42. The van der Waals surface area contributed by atoms with Gasteiger partial charge in [-0.25, -0.2) is 4.39 Å². The molecule has 0 aliphatic heterocycles. The molecule has 1 amide bonds. The average molecular weight is 329 g/mol. The number of nitrogens with zero attached hydrogens (tertiary/aromatic N) is 1. The van der Waals surface area contributed by atoms with Gasteiger partial charge in [-0.3, -0.25) is 9.69 Å². The lowest BCUT2D eigenvalue weighted by atomic mass is 10.1. The van der Waals surface area contributed by atoms with Gasteiger partial charge in [-0.2, -0.15) is 0 Å². The quantitative estimate of drug-likeness (QED) is 0.762. The number of carbonyl (C=O) groups excluding carboxylic acids is 1. The highest BCUT2D eigenvalue weighted by molar-refractivity contribution is 5.94. The molecule has 1 unspecified atom stereocenters. The first-order valence-corrected chi connectivity index (χ1v) is 8.15. The van der Waals surface area contributed by atoms with E-state index in [1.165, 1.54) is 18.2 Å². The van der Waals surface area contributed by atoms with Crippen molar-refractivity contribution in [1.29, 1.82) is 0 Å². The molecular formula is C19H24FN3O. The van der Waals surface area contributed by atoms with Crippen LogP contribution in [0.15, 0.2) is 48.5 Å². The van der Waals surface area contributed by atoms with E-state index in [1.807, 2.05) is 37.3 Å². The Bertz CT molecular complexity index is 676. The molecule has 0 bridgehead atoms. The molecule has 128 valence electrons. The summed E-state index contributed by atoms with van der Waals surface area (Å²) in [6, 6.07) is 13.9. The van der Waals surface area contributed by atoms with Crippen molar-refractivity contribution < 1.29 is 9.18 Å². The van der Waals surface area contributed by atoms with Gasteiger partial charge in [-0.05, 0) is 43.7 Å². The monoisotopic (exact) mass is 329 g/mol. The van der Waals surface area contributed by atoms with E-state index in [2.05, 4.69) is 17.1 Å². The predicted molar refractivity (Wildman–Crippen MR) is 96.0 cm³/mol. The SMILES string of the molecule is CCCN(Cc1ccccc1)C(C)C(=O)Nc1ccc(F)c(N)c1. The van der Waals surface area contributed by atoms with E-state index in [4.69, 9.17) is 5.73 Å². The van der Waals surface area contributed by atoms with Crippen LogP contribution in [0, 0.1) is 5.82 Å². The molecule has 0 saturated heterocycles. The number of hydrogen-bond acceptors (Lipinski definition) is 3. The zero-order valence-corrected chi connectivity index (χ0v) is 14.1. The van der Waals surface area contributed by atoms with Crippen LogP contribution in [0.25, 0.3) is 0 Å². The number of amides is 1. The molecule has 24 heavy (non-hydrogen) atoms. The number of carbonyl (C=O) groups is 1. The number of hydrogen-bond donors (Lipinski definition) is 2. The Hall–Kier alpha value is -2.40. The molecule has 0 radical (unpaired) electrons. The van der Waals surface area contributed by atoms with Crippen molar-refractivity contribution in [3.8, 4) is 0 Å². The van der Waals surface area contributed by atoms with Crippen molar-refractivity contribution in [3.63, 3.8) is 0 Å². The van der Waals surface area contributed by atoms with Crippen molar-refractivity contribution in [1.82, 2.24) is 4.90 Å². The van der Waals surface area contributed by atoms with E-state index in [0.717, 1.165) is 18.5 Å². The largest absolute Gasteiger partial charge is 0.396 e. The fourth-order valence-electron chi connectivity index (χ4n) is 2.55. The van der Waals surface area contributed by atoms with E-state index >= 15 is 0 Å². The molecule has 0 spiro atoms. The number of rotatable bonds is 7. The van der Waals surface area contributed by atoms with E-state index in [9.17, 15) is 9.18 Å². The zero-order valence-electron chi connectivity index (χ0n) is 14.1. The van der Waals surface area contributed by atoms with Gasteiger partial charge in [0.15, 0.2) is 0 Å². The minimum atomic E-state index is -0.488. The highest BCUT2D eigenvalue weighted by atomic mass is 19.1. The van der Waals surface area contributed by atoms with E-state index in [-0.39, 0.29) is 17.6 Å². The molecule has 2 aromatic rings. The number of nitrogens with two attached hydrogens (primary N) is 1. The molecule has 0 saturated carbocycles. The molecule has 4 nitrogen and oxygen atoms in total. The Balaban J connectivity index is 2.05. The summed E-state index contributed by atoms with van der Waals surface area (Å²) in [5.41, 5.74) is 7.23. The van der Waals surface area contributed by atoms with Gasteiger partial charge in [0, 0.05) is 12.2 Å². The first-order valence-electron chi connectivity index (χ1n) is 8.15. The smallest absolute Gasteiger partial charge is 0.241 e. The summed E-state index contributed by atoms with van der Waals surface area (Å²) >= 11 is 0. The van der Waals surface area contributed by atoms with Gasteiger partial charge in [0.1, 0.15) is 5.82 Å². The lowest BCUT2D eigenvalue weighted by molar-refractivity contribution is -0.121. The summed E-state index contributed by atoms with van der Waals surface area (Å²) < 4.78 is 13.2. The molecule has 3 N–H and O–H groups in total. The molecule has 0 aromatic heterocycles. The van der Waals surface area contributed by atoms with Crippen molar-refractivity contribution >= 4 is 17.3 Å². The normalized spacial score (nSPS) is 12.2. The highest BCUT2D eigenvalue weighted by Crippen LogP contribution is 2.17. The molecule has 1 atom stereocenters. The van der Waals surface area contributed by atoms with Crippen molar-refractivity contribution in [3.05, 3.63) is 59.9 Å². The van der Waals surface area contributed by atoms with Gasteiger partial charge >= 0.3 is 0 Å². The molecule has 0 fully saturated rings. The standard InChI is InChI=1S/C19H24FN3O/c1-3-11-23(13-15-7-5-4-6-8-15)14(2)19(24)22-16-9-10-17(20)18(21)12-16/h4-10,12,14H,3,11,13,21H2,1-2H3,(H,22,24). The summed E-state index contributed by atoms with van der Waals surface area (Å²) in [6.45, 7) is 5.48. The molecular weight excluding hydrogens is 305 g/mol. The van der Waals surface area contributed by atoms with Gasteiger partial charge in [-0.15, -0.1) is 0 Å². The van der Waals surface area contributed by atoms with E-state index in [0.29, 0.717) is 12.2 Å². The van der Waals surface area contributed by atoms with Crippen LogP contribution in [0.4, 0.5) is 15.8 Å². The van der Waals surface area contributed by atoms with Crippen LogP contribution < -0.4 is 11.1 Å². The summed E-state index contributed by atoms with van der Waals surface area (Å²) in [4.78, 5) is 14.7. The molecule has 2 rings (SSSR count). The summed E-state index contributed by atoms with van der Waals surface area (Å²) in [6.07, 6.45) is 0.952. The van der Waals surface area contributed by atoms with Gasteiger partial charge in [0.25, 0.3) is 0 Å². The number of halogens is 1. The van der Waals surface area contributed by atoms with Gasteiger partial charge in [0.2, 0.25) is 5.91 Å². The maximum atomic E-state index is 13.2. The van der Waals surface area contributed by atoms with Crippen LogP contribution in [0.3, 0.4) is 0 Å². The lowest BCUT2D eigenvalue weighted by Gasteiger charge is -2.28. The fourth-order valence-corrected chi connectivity index (χ4v) is 2.55. The average Bonchev–Trinajstić information content (AvgIpc) is 2.58. The maximum Gasteiger partial charge on any atom is 0.241 e. The van der Waals surface area contributed by atoms with Gasteiger partial charge < -0.3 is 11.1 Å². The molecule has 0 heterocycles. The van der Waals surface area contributed by atoms with Crippen LogP contribution in [0.2, 0.25) is 0 Å². The third-order valence-corrected chi connectivity index (χ3v) is 3.93. The Morgan fingerprint density at radius 1 is 1.25 bits per heavy atom. The third kappa shape index (κ3) is 4.80. The molecule has 0 aliphatic carbocycles. The van der Waals surface area contributed by atoms with Crippen LogP contribution in [-0.4, -0.2) is 23.4 Å². The second kappa shape index (κ2) is 8.45. The van der Waals surface area contributed by atoms with Crippen molar-refractivity contribution in [2.75, 3.05) is 17.6 Å². The molecule has 0 aliphatic rings. The first-order chi connectivity index (χ1) is 11.5. The van der Waals surface area contributed by atoms with Gasteiger partial charge in [0.05, 0.1) is 11.7 Å². The zero-order chi connectivity index (χ0) is 17.5. The number of nitrogens with one attached hydrogen (secondary N) is 1. The van der Waals surface area contributed by atoms with Gasteiger partial charge in [-0.1, -0.05) is 37.3 Å². The highest BCUT2D eigenvalue weighted by Gasteiger charge is 2.21. The second-order valence-corrected chi connectivity index (χ2v) is 5.86. The van der Waals surface area contributed by atoms with Crippen molar-refractivity contribution in [2.24, 2.45) is 0 Å². The second-order valence-electron chi connectivity index (χ2n) is 5.86. The molecule has 5 heteroatoms. The predicted octanol–water partition coefficient (Wildman–Crippen LogP) is 3.65. The topological polar surface area (TPSA) is 58.4 Å². The van der Waals surface area contributed by atoms with Crippen LogP contribution in [0.1, 0.15) is 25.8 Å². The number of benzene rings is 2. The van der Waals surface area contributed by atoms with Crippen LogP contribution in [0.5, 0.6) is 0 Å². The first kappa shape index (κ1) is 17.9. The van der Waals surface area contributed by atoms with Crippen LogP contribution in [-0.2, 0) is 11.3 Å². The van der Waals surface area contributed by atoms with E-state index in [1.54, 1.807) is 0 Å². The summed E-state index contributed by atoms with van der Waals surface area (Å²) in [5.74, 6) is -0.622. The Labute approximate surface area is 142 Å². The minimum Gasteiger partial charge on any atom is -0.396 e. The Morgan fingerprint density at radius 3 is 2.58 bits per heavy atom.